The summed E-state index contributed by atoms with van der Waals surface area (Å²) in [5, 5.41) is 22.9. The van der Waals surface area contributed by atoms with Crippen LogP contribution in [0.25, 0.3) is 0 Å². The van der Waals surface area contributed by atoms with Crippen molar-refractivity contribution in [2.75, 3.05) is 14.2 Å². The summed E-state index contributed by atoms with van der Waals surface area (Å²) in [6.07, 6.45) is -1.19. The molecular weight excluding hydrogens is 368 g/mol. The smallest absolute Gasteiger partial charge is 0.326 e. The third-order valence-electron chi connectivity index (χ3n) is 4.09. The van der Waals surface area contributed by atoms with Crippen molar-refractivity contribution in [3.05, 3.63) is 69.8 Å². The number of non-ortho nitro benzene ring substituents is 1. The number of nitrogens with one attached hydrogen (secondary N) is 1. The van der Waals surface area contributed by atoms with Gasteiger partial charge in [-0.2, -0.15) is 0 Å². The van der Waals surface area contributed by atoms with Crippen LogP contribution in [-0.4, -0.2) is 42.2 Å². The first kappa shape index (κ1) is 20.8. The van der Waals surface area contributed by atoms with E-state index in [2.05, 4.69) is 5.32 Å². The molecule has 0 aliphatic carbocycles. The Labute approximate surface area is 161 Å². The summed E-state index contributed by atoms with van der Waals surface area (Å²) in [6, 6.07) is 11.2. The van der Waals surface area contributed by atoms with Crippen molar-refractivity contribution in [3.63, 3.8) is 0 Å². The normalized spacial score (nSPS) is 12.6. The van der Waals surface area contributed by atoms with Gasteiger partial charge in [-0.3, -0.25) is 14.9 Å². The molecule has 0 spiro atoms. The highest BCUT2D eigenvalue weighted by molar-refractivity contribution is 5.87. The molecule has 0 fully saturated rings. The quantitative estimate of drug-likeness (QED) is 0.497. The number of carboxylic acid groups (broad SMARTS) is 1. The topological polar surface area (TPSA) is 128 Å². The number of nitrogens with zero attached hydrogens (tertiary/aromatic N) is 1. The van der Waals surface area contributed by atoms with Gasteiger partial charge < -0.3 is 19.9 Å². The lowest BCUT2D eigenvalue weighted by molar-refractivity contribution is -0.384. The van der Waals surface area contributed by atoms with E-state index in [4.69, 9.17) is 9.47 Å². The van der Waals surface area contributed by atoms with Crippen LogP contribution in [0.3, 0.4) is 0 Å². The molecule has 0 aromatic heterocycles. The van der Waals surface area contributed by atoms with Crippen molar-refractivity contribution < 1.29 is 29.1 Å². The average molecular weight is 388 g/mol. The minimum absolute atomic E-state index is 0.197. The first-order valence-corrected chi connectivity index (χ1v) is 8.29. The second-order valence-electron chi connectivity index (χ2n) is 5.88. The summed E-state index contributed by atoms with van der Waals surface area (Å²) >= 11 is 0. The zero-order chi connectivity index (χ0) is 20.7. The Kier molecular flexibility index (Phi) is 7.05. The largest absolute Gasteiger partial charge is 0.496 e. The number of carbonyl (C=O) groups excluding carboxylic acids is 1. The molecule has 2 aromatic carbocycles. The van der Waals surface area contributed by atoms with E-state index in [9.17, 15) is 24.8 Å². The summed E-state index contributed by atoms with van der Waals surface area (Å²) in [7, 11) is 2.71. The second-order valence-corrected chi connectivity index (χ2v) is 5.88. The van der Waals surface area contributed by atoms with Gasteiger partial charge in [-0.25, -0.2) is 4.79 Å². The van der Waals surface area contributed by atoms with Gasteiger partial charge in [0.2, 0.25) is 0 Å². The van der Waals surface area contributed by atoms with E-state index >= 15 is 0 Å². The molecule has 0 aliphatic rings. The Morgan fingerprint density at radius 2 is 1.86 bits per heavy atom. The van der Waals surface area contributed by atoms with Gasteiger partial charge in [-0.15, -0.1) is 0 Å². The number of amides is 1. The minimum Gasteiger partial charge on any atom is -0.496 e. The van der Waals surface area contributed by atoms with Gasteiger partial charge in [-0.05, 0) is 11.6 Å². The van der Waals surface area contributed by atoms with Gasteiger partial charge in [0, 0.05) is 31.2 Å². The maximum atomic E-state index is 12.6. The van der Waals surface area contributed by atoms with Crippen LogP contribution in [0.15, 0.2) is 48.5 Å². The molecule has 148 valence electrons. The summed E-state index contributed by atoms with van der Waals surface area (Å²) in [4.78, 5) is 34.7. The van der Waals surface area contributed by atoms with E-state index in [1.165, 1.54) is 32.4 Å². The standard InChI is InChI=1S/C19H20N2O7/c1-27-16-9-8-14(21(25)26)10-13(16)11-15(19(23)24)20-18(22)17(28-2)12-6-4-3-5-7-12/h3-10,15,17H,11H2,1-2H3,(H,20,22)(H,23,24)/t15-,17-/m1/s1. The van der Waals surface area contributed by atoms with E-state index in [-0.39, 0.29) is 23.4 Å². The number of hydrogen-bond donors (Lipinski definition) is 2. The van der Waals surface area contributed by atoms with Crippen LogP contribution in [-0.2, 0) is 20.7 Å². The third-order valence-corrected chi connectivity index (χ3v) is 4.09. The number of benzene rings is 2. The highest BCUT2D eigenvalue weighted by atomic mass is 16.6. The summed E-state index contributed by atoms with van der Waals surface area (Å²) in [6.45, 7) is 0. The SMILES string of the molecule is COc1ccc([N+](=O)[O-])cc1C[C@@H](NC(=O)[C@H](OC)c1ccccc1)C(=O)O. The zero-order valence-electron chi connectivity index (χ0n) is 15.3. The fraction of sp³-hybridized carbons (Fsp3) is 0.263. The fourth-order valence-corrected chi connectivity index (χ4v) is 2.73. The number of rotatable bonds is 9. The van der Waals surface area contributed by atoms with Crippen LogP contribution in [0.5, 0.6) is 5.75 Å². The highest BCUT2D eigenvalue weighted by Gasteiger charge is 2.28. The van der Waals surface area contributed by atoms with Crippen LogP contribution < -0.4 is 10.1 Å². The molecule has 2 rings (SSSR count). The Balaban J connectivity index is 2.24. The Morgan fingerprint density at radius 1 is 1.18 bits per heavy atom. The molecule has 0 radical (unpaired) electrons. The van der Waals surface area contributed by atoms with E-state index in [1.807, 2.05) is 0 Å². The molecule has 9 heteroatoms. The maximum Gasteiger partial charge on any atom is 0.326 e. The molecule has 0 aliphatic heterocycles. The molecule has 0 unspecified atom stereocenters. The van der Waals surface area contributed by atoms with Crippen molar-refractivity contribution in [1.82, 2.24) is 5.32 Å². The monoisotopic (exact) mass is 388 g/mol. The van der Waals surface area contributed by atoms with Gasteiger partial charge >= 0.3 is 5.97 Å². The average Bonchev–Trinajstić information content (AvgIpc) is 2.68. The van der Waals surface area contributed by atoms with Crippen LogP contribution in [0.4, 0.5) is 5.69 Å². The third kappa shape index (κ3) is 5.04. The summed E-state index contributed by atoms with van der Waals surface area (Å²) in [5.41, 5.74) is 0.656. The number of nitro groups is 1. The number of ether oxygens (including phenoxy) is 2. The zero-order valence-corrected chi connectivity index (χ0v) is 15.3. The van der Waals surface area contributed by atoms with Gasteiger partial charge in [-0.1, -0.05) is 30.3 Å². The predicted octanol–water partition coefficient (Wildman–Crippen LogP) is 2.10. The first-order chi connectivity index (χ1) is 13.4. The van der Waals surface area contributed by atoms with E-state index < -0.39 is 28.9 Å². The lowest BCUT2D eigenvalue weighted by Gasteiger charge is -2.20. The van der Waals surface area contributed by atoms with Gasteiger partial charge in [0.25, 0.3) is 11.6 Å². The molecule has 0 bridgehead atoms. The van der Waals surface area contributed by atoms with Crippen molar-refractivity contribution in [1.29, 1.82) is 0 Å². The van der Waals surface area contributed by atoms with E-state index in [0.29, 0.717) is 5.56 Å². The molecule has 2 N–H and O–H groups in total. The maximum absolute atomic E-state index is 12.6. The van der Waals surface area contributed by atoms with Crippen molar-refractivity contribution in [2.24, 2.45) is 0 Å². The number of hydrogen-bond acceptors (Lipinski definition) is 6. The Hall–Kier alpha value is -3.46. The Bertz CT molecular complexity index is 855. The molecule has 0 heterocycles. The number of carboxylic acids is 1. The molecule has 9 nitrogen and oxygen atoms in total. The number of nitro benzene ring substituents is 1. The van der Waals surface area contributed by atoms with Crippen LogP contribution >= 0.6 is 0 Å². The Morgan fingerprint density at radius 3 is 2.39 bits per heavy atom. The number of methoxy groups -OCH3 is 2. The van der Waals surface area contributed by atoms with Crippen molar-refractivity contribution >= 4 is 17.6 Å². The molecule has 0 saturated carbocycles. The van der Waals surface area contributed by atoms with E-state index in [1.54, 1.807) is 30.3 Å². The van der Waals surface area contributed by atoms with Crippen molar-refractivity contribution in [2.45, 2.75) is 18.6 Å². The molecule has 28 heavy (non-hydrogen) atoms. The number of carbonyl (C=O) groups is 2. The number of aliphatic carboxylic acids is 1. The lowest BCUT2D eigenvalue weighted by Crippen LogP contribution is -2.44. The first-order valence-electron chi connectivity index (χ1n) is 8.29. The van der Waals surface area contributed by atoms with E-state index in [0.717, 1.165) is 0 Å². The van der Waals surface area contributed by atoms with Crippen LogP contribution in [0, 0.1) is 10.1 Å². The summed E-state index contributed by atoms with van der Waals surface area (Å²) in [5.74, 6) is -1.63. The van der Waals surface area contributed by atoms with Gasteiger partial charge in [0.05, 0.1) is 12.0 Å². The fourth-order valence-electron chi connectivity index (χ4n) is 2.73. The van der Waals surface area contributed by atoms with Crippen LogP contribution in [0.2, 0.25) is 0 Å². The van der Waals surface area contributed by atoms with Crippen molar-refractivity contribution in [3.8, 4) is 5.75 Å². The molecule has 2 atom stereocenters. The molecular formula is C19H20N2O7. The minimum atomic E-state index is -1.33. The highest BCUT2D eigenvalue weighted by Crippen LogP contribution is 2.25. The molecule has 0 saturated heterocycles. The van der Waals surface area contributed by atoms with Gasteiger partial charge in [0.1, 0.15) is 11.8 Å². The van der Waals surface area contributed by atoms with Gasteiger partial charge in [0.15, 0.2) is 6.10 Å². The lowest BCUT2D eigenvalue weighted by atomic mass is 10.0. The summed E-state index contributed by atoms with van der Waals surface area (Å²) < 4.78 is 10.4. The molecule has 1 amide bonds. The second kappa shape index (κ2) is 9.47. The van der Waals surface area contributed by atoms with Crippen LogP contribution in [0.1, 0.15) is 17.2 Å². The molecule has 2 aromatic rings. The predicted molar refractivity (Wildman–Crippen MR) is 99.1 cm³/mol.